The van der Waals surface area contributed by atoms with Crippen LogP contribution in [0, 0.1) is 11.3 Å². The Hall–Kier alpha value is -0.780. The maximum atomic E-state index is 12.3. The molecular weight excluding hydrogens is 257 g/mol. The zero-order valence-corrected chi connectivity index (χ0v) is 11.8. The molecule has 2 N–H and O–H groups in total. The fraction of sp³-hybridized carbons (Fsp3) is 0.923. The first-order valence-corrected chi connectivity index (χ1v) is 6.62. The van der Waals surface area contributed by atoms with Gasteiger partial charge in [0, 0.05) is 13.1 Å². The Kier molecular flexibility index (Phi) is 4.87. The van der Waals surface area contributed by atoms with Crippen LogP contribution in [0.25, 0.3) is 0 Å². The fourth-order valence-electron chi connectivity index (χ4n) is 1.73. The summed E-state index contributed by atoms with van der Waals surface area (Å²) in [6, 6.07) is -0.764. The van der Waals surface area contributed by atoms with Crippen molar-refractivity contribution < 1.29 is 18.0 Å². The summed E-state index contributed by atoms with van der Waals surface area (Å²) in [5.74, 6) is -0.0204. The summed E-state index contributed by atoms with van der Waals surface area (Å²) in [4.78, 5) is 13.5. The molecule has 1 amide bonds. The van der Waals surface area contributed by atoms with Crippen LogP contribution in [-0.2, 0) is 4.79 Å². The van der Waals surface area contributed by atoms with E-state index in [-0.39, 0.29) is 12.5 Å². The highest BCUT2D eigenvalue weighted by atomic mass is 19.4. The Morgan fingerprint density at radius 1 is 1.32 bits per heavy atom. The zero-order chi connectivity index (χ0) is 14.8. The maximum absolute atomic E-state index is 12.3. The fourth-order valence-corrected chi connectivity index (χ4v) is 1.73. The van der Waals surface area contributed by atoms with Crippen LogP contribution in [0.5, 0.6) is 0 Å². The average molecular weight is 280 g/mol. The molecule has 1 rings (SSSR count). The van der Waals surface area contributed by atoms with Crippen molar-refractivity contribution in [1.29, 1.82) is 0 Å². The molecule has 0 spiro atoms. The molecule has 1 fully saturated rings. The van der Waals surface area contributed by atoms with E-state index >= 15 is 0 Å². The minimum Gasteiger partial charge on any atom is -0.341 e. The number of rotatable bonds is 5. The highest BCUT2D eigenvalue weighted by Gasteiger charge is 2.36. The summed E-state index contributed by atoms with van der Waals surface area (Å²) in [6.45, 7) is 5.55. The Morgan fingerprint density at radius 2 is 1.84 bits per heavy atom. The summed E-state index contributed by atoms with van der Waals surface area (Å²) >= 11 is 0. The van der Waals surface area contributed by atoms with Gasteiger partial charge in [-0.05, 0) is 24.2 Å². The van der Waals surface area contributed by atoms with Gasteiger partial charge >= 0.3 is 6.18 Å². The van der Waals surface area contributed by atoms with Gasteiger partial charge in [0.15, 0.2) is 0 Å². The molecule has 3 nitrogen and oxygen atoms in total. The second-order valence-corrected chi connectivity index (χ2v) is 6.44. The first-order valence-electron chi connectivity index (χ1n) is 6.62. The normalized spacial score (nSPS) is 18.3. The summed E-state index contributed by atoms with van der Waals surface area (Å²) in [7, 11) is 0. The van der Waals surface area contributed by atoms with Gasteiger partial charge in [-0.1, -0.05) is 20.8 Å². The Balaban J connectivity index is 2.64. The van der Waals surface area contributed by atoms with Gasteiger partial charge in [0.25, 0.3) is 0 Å². The largest absolute Gasteiger partial charge is 0.390 e. The maximum Gasteiger partial charge on any atom is 0.390 e. The predicted molar refractivity (Wildman–Crippen MR) is 67.4 cm³/mol. The molecule has 0 heterocycles. The third kappa shape index (κ3) is 5.80. The predicted octanol–water partition coefficient (Wildman–Crippen LogP) is 2.55. The van der Waals surface area contributed by atoms with Crippen molar-refractivity contribution in [3.05, 3.63) is 0 Å². The Labute approximate surface area is 112 Å². The van der Waals surface area contributed by atoms with Gasteiger partial charge in [-0.15, -0.1) is 0 Å². The summed E-state index contributed by atoms with van der Waals surface area (Å²) in [6.07, 6.45) is -3.24. The zero-order valence-electron chi connectivity index (χ0n) is 11.8. The number of hydrogen-bond acceptors (Lipinski definition) is 2. The molecule has 0 aromatic heterocycles. The lowest BCUT2D eigenvalue weighted by atomic mass is 9.86. The van der Waals surface area contributed by atoms with Crippen molar-refractivity contribution in [2.24, 2.45) is 17.1 Å². The van der Waals surface area contributed by atoms with Crippen LogP contribution in [0.1, 0.15) is 40.0 Å². The van der Waals surface area contributed by atoms with Crippen LogP contribution in [0.2, 0.25) is 0 Å². The molecule has 0 aromatic carbocycles. The highest BCUT2D eigenvalue weighted by Crippen LogP contribution is 2.31. The van der Waals surface area contributed by atoms with Crippen molar-refractivity contribution in [3.63, 3.8) is 0 Å². The number of carbonyl (C=O) groups is 1. The number of nitrogens with zero attached hydrogens (tertiary/aromatic N) is 1. The van der Waals surface area contributed by atoms with E-state index in [9.17, 15) is 18.0 Å². The quantitative estimate of drug-likeness (QED) is 0.841. The number of nitrogens with two attached hydrogens (primary N) is 1. The number of halogens is 3. The Bertz CT molecular complexity index is 319. The monoisotopic (exact) mass is 280 g/mol. The second kappa shape index (κ2) is 5.69. The van der Waals surface area contributed by atoms with Crippen molar-refractivity contribution in [2.45, 2.75) is 52.3 Å². The molecule has 0 bridgehead atoms. The van der Waals surface area contributed by atoms with Gasteiger partial charge in [-0.3, -0.25) is 4.79 Å². The molecule has 0 aliphatic heterocycles. The second-order valence-electron chi connectivity index (χ2n) is 6.44. The molecule has 0 aromatic rings. The molecule has 6 heteroatoms. The van der Waals surface area contributed by atoms with Crippen LogP contribution < -0.4 is 5.73 Å². The third-order valence-corrected chi connectivity index (χ3v) is 3.35. The van der Waals surface area contributed by atoms with Crippen molar-refractivity contribution in [2.75, 3.05) is 13.1 Å². The van der Waals surface area contributed by atoms with Crippen molar-refractivity contribution in [3.8, 4) is 0 Å². The van der Waals surface area contributed by atoms with Crippen molar-refractivity contribution >= 4 is 5.91 Å². The van der Waals surface area contributed by atoms with E-state index in [2.05, 4.69) is 0 Å². The van der Waals surface area contributed by atoms with Crippen LogP contribution in [0.3, 0.4) is 0 Å². The minimum atomic E-state index is -4.24. The molecule has 19 heavy (non-hydrogen) atoms. The molecule has 1 aliphatic carbocycles. The van der Waals surface area contributed by atoms with Gasteiger partial charge < -0.3 is 10.6 Å². The van der Waals surface area contributed by atoms with Gasteiger partial charge in [-0.25, -0.2) is 0 Å². The summed E-state index contributed by atoms with van der Waals surface area (Å²) in [5.41, 5.74) is 5.41. The minimum absolute atomic E-state index is 0.289. The smallest absolute Gasteiger partial charge is 0.341 e. The van der Waals surface area contributed by atoms with Gasteiger partial charge in [0.2, 0.25) is 5.91 Å². The van der Waals surface area contributed by atoms with Crippen molar-refractivity contribution in [1.82, 2.24) is 4.90 Å². The van der Waals surface area contributed by atoms with E-state index in [0.29, 0.717) is 12.5 Å². The lowest BCUT2D eigenvalue weighted by Gasteiger charge is -2.32. The number of amides is 1. The molecule has 112 valence electrons. The Morgan fingerprint density at radius 3 is 2.21 bits per heavy atom. The number of carbonyl (C=O) groups excluding carboxylic acids is 1. The van der Waals surface area contributed by atoms with Gasteiger partial charge in [0.05, 0.1) is 12.5 Å². The first-order chi connectivity index (χ1) is 8.50. The highest BCUT2D eigenvalue weighted by molar-refractivity contribution is 5.82. The van der Waals surface area contributed by atoms with E-state index in [1.165, 1.54) is 4.90 Å². The first kappa shape index (κ1) is 16.3. The van der Waals surface area contributed by atoms with E-state index in [4.69, 9.17) is 5.73 Å². The molecule has 0 radical (unpaired) electrons. The molecule has 1 atom stereocenters. The van der Waals surface area contributed by atoms with E-state index in [0.717, 1.165) is 12.8 Å². The topological polar surface area (TPSA) is 46.3 Å². The molecule has 1 aliphatic rings. The van der Waals surface area contributed by atoms with Gasteiger partial charge in [-0.2, -0.15) is 13.2 Å². The average Bonchev–Trinajstić information content (AvgIpc) is 3.03. The summed E-state index contributed by atoms with van der Waals surface area (Å²) < 4.78 is 36.9. The third-order valence-electron chi connectivity index (χ3n) is 3.35. The molecule has 0 saturated heterocycles. The molecular formula is C13H23F3N2O. The standard InChI is InChI=1S/C13H23F3N2O/c1-12(2,3)10(17)11(19)18(8-9-4-5-9)7-6-13(14,15)16/h9-10H,4-8,17H2,1-3H3/t10-/m1/s1. The SMILES string of the molecule is CC(C)(C)[C@H](N)C(=O)N(CCC(F)(F)F)CC1CC1. The van der Waals surface area contributed by atoms with E-state index in [1.54, 1.807) is 0 Å². The van der Waals surface area contributed by atoms with E-state index < -0.39 is 24.1 Å². The van der Waals surface area contributed by atoms with Gasteiger partial charge in [0.1, 0.15) is 0 Å². The summed E-state index contributed by atoms with van der Waals surface area (Å²) in [5, 5.41) is 0. The van der Waals surface area contributed by atoms with Crippen LogP contribution in [-0.4, -0.2) is 36.1 Å². The lowest BCUT2D eigenvalue weighted by Crippen LogP contribution is -2.51. The lowest BCUT2D eigenvalue weighted by molar-refractivity contribution is -0.147. The number of alkyl halides is 3. The van der Waals surface area contributed by atoms with Crippen LogP contribution in [0.4, 0.5) is 13.2 Å². The molecule has 1 saturated carbocycles. The number of hydrogen-bond donors (Lipinski definition) is 1. The van der Waals surface area contributed by atoms with Crippen LogP contribution in [0.15, 0.2) is 0 Å². The van der Waals surface area contributed by atoms with E-state index in [1.807, 2.05) is 20.8 Å². The molecule has 0 unspecified atom stereocenters. The van der Waals surface area contributed by atoms with Crippen LogP contribution >= 0.6 is 0 Å².